The molecule has 0 aliphatic carbocycles. The molecule has 1 aromatic heterocycles. The number of aromatic nitrogens is 2. The van der Waals surface area contributed by atoms with Gasteiger partial charge >= 0.3 is 0 Å². The third-order valence-electron chi connectivity index (χ3n) is 1.74. The topological polar surface area (TPSA) is 37.8 Å². The predicted octanol–water partition coefficient (Wildman–Crippen LogP) is 3.12. The smallest absolute Gasteiger partial charge is 0.228 e. The van der Waals surface area contributed by atoms with Gasteiger partial charge in [-0.25, -0.2) is 14.4 Å². The van der Waals surface area contributed by atoms with Crippen molar-refractivity contribution in [1.82, 2.24) is 9.97 Å². The molecule has 2 aromatic rings. The molecule has 1 N–H and O–H groups in total. The van der Waals surface area contributed by atoms with Gasteiger partial charge in [0.25, 0.3) is 0 Å². The zero-order chi connectivity index (χ0) is 10.7. The first kappa shape index (κ1) is 10.0. The normalized spacial score (nSPS) is 10.0. The van der Waals surface area contributed by atoms with Crippen molar-refractivity contribution in [3.63, 3.8) is 0 Å². The summed E-state index contributed by atoms with van der Waals surface area (Å²) in [6, 6.07) is 8.07. The van der Waals surface area contributed by atoms with Crippen molar-refractivity contribution in [3.05, 3.63) is 46.9 Å². The summed E-state index contributed by atoms with van der Waals surface area (Å²) < 4.78 is 13.9. The lowest BCUT2D eigenvalue weighted by Gasteiger charge is -2.04. The Hall–Kier alpha value is -1.49. The van der Waals surface area contributed by atoms with E-state index in [1.165, 1.54) is 6.07 Å². The molecule has 0 saturated heterocycles. The Morgan fingerprint density at radius 2 is 2.00 bits per heavy atom. The lowest BCUT2D eigenvalue weighted by atomic mass is 10.3. The molecule has 0 fully saturated rings. The van der Waals surface area contributed by atoms with Crippen LogP contribution in [0.1, 0.15) is 0 Å². The number of hydrogen-bond donors (Lipinski definition) is 1. The molecule has 0 aliphatic rings. The van der Waals surface area contributed by atoms with Crippen molar-refractivity contribution in [3.8, 4) is 0 Å². The van der Waals surface area contributed by atoms with Crippen LogP contribution in [-0.2, 0) is 0 Å². The maximum atomic E-state index is 13.2. The zero-order valence-electron chi connectivity index (χ0n) is 7.61. The SMILES string of the molecule is Fc1ccccc1Nc1nccc(Br)n1. The van der Waals surface area contributed by atoms with E-state index in [1.807, 2.05) is 0 Å². The fourth-order valence-electron chi connectivity index (χ4n) is 1.08. The van der Waals surface area contributed by atoms with Crippen LogP contribution in [-0.4, -0.2) is 9.97 Å². The van der Waals surface area contributed by atoms with Gasteiger partial charge in [-0.2, -0.15) is 0 Å². The van der Waals surface area contributed by atoms with Gasteiger partial charge in [0, 0.05) is 6.20 Å². The second-order valence-corrected chi connectivity index (χ2v) is 3.62. The summed E-state index contributed by atoms with van der Waals surface area (Å²) in [5, 5.41) is 2.79. The van der Waals surface area contributed by atoms with E-state index in [0.29, 0.717) is 16.2 Å². The van der Waals surface area contributed by atoms with Gasteiger partial charge < -0.3 is 5.32 Å². The Labute approximate surface area is 94.5 Å². The molecule has 3 nitrogen and oxygen atoms in total. The molecular formula is C10H7BrFN3. The van der Waals surface area contributed by atoms with Gasteiger partial charge in [-0.05, 0) is 34.1 Å². The fraction of sp³-hybridized carbons (Fsp3) is 0. The van der Waals surface area contributed by atoms with Gasteiger partial charge in [0.15, 0.2) is 0 Å². The first-order valence-corrected chi connectivity index (χ1v) is 5.05. The molecule has 0 amide bonds. The second kappa shape index (κ2) is 4.35. The van der Waals surface area contributed by atoms with Gasteiger partial charge in [-0.1, -0.05) is 12.1 Å². The summed E-state index contributed by atoms with van der Waals surface area (Å²) in [5.74, 6) is 0.0237. The Bertz CT molecular complexity index is 476. The van der Waals surface area contributed by atoms with Crippen LogP contribution < -0.4 is 5.32 Å². The molecule has 1 aromatic carbocycles. The minimum Gasteiger partial charge on any atom is -0.322 e. The Morgan fingerprint density at radius 1 is 1.20 bits per heavy atom. The minimum atomic E-state index is -0.332. The molecule has 0 saturated carbocycles. The van der Waals surface area contributed by atoms with Crippen molar-refractivity contribution in [1.29, 1.82) is 0 Å². The van der Waals surface area contributed by atoms with Crippen molar-refractivity contribution in [2.75, 3.05) is 5.32 Å². The van der Waals surface area contributed by atoms with E-state index in [4.69, 9.17) is 0 Å². The van der Waals surface area contributed by atoms with Gasteiger partial charge in [0.1, 0.15) is 10.4 Å². The average Bonchev–Trinajstić information content (AvgIpc) is 2.22. The highest BCUT2D eigenvalue weighted by molar-refractivity contribution is 9.10. The lowest BCUT2D eigenvalue weighted by Crippen LogP contribution is -1.98. The molecule has 15 heavy (non-hydrogen) atoms. The van der Waals surface area contributed by atoms with Crippen LogP contribution in [0.5, 0.6) is 0 Å². The average molecular weight is 268 g/mol. The number of para-hydroxylation sites is 1. The van der Waals surface area contributed by atoms with E-state index < -0.39 is 0 Å². The third kappa shape index (κ3) is 2.50. The molecule has 0 unspecified atom stereocenters. The minimum absolute atomic E-state index is 0.332. The molecule has 0 spiro atoms. The van der Waals surface area contributed by atoms with E-state index in [-0.39, 0.29) is 5.82 Å². The van der Waals surface area contributed by atoms with Gasteiger partial charge in [0.2, 0.25) is 5.95 Å². The number of benzene rings is 1. The molecule has 1 heterocycles. The Morgan fingerprint density at radius 3 is 2.73 bits per heavy atom. The number of hydrogen-bond acceptors (Lipinski definition) is 3. The number of anilines is 2. The van der Waals surface area contributed by atoms with Crippen molar-refractivity contribution in [2.45, 2.75) is 0 Å². The molecule has 0 bridgehead atoms. The summed E-state index contributed by atoms with van der Waals surface area (Å²) in [6.07, 6.45) is 1.58. The van der Waals surface area contributed by atoms with Crippen molar-refractivity contribution < 1.29 is 4.39 Å². The van der Waals surface area contributed by atoms with Crippen LogP contribution in [0, 0.1) is 5.82 Å². The van der Waals surface area contributed by atoms with Crippen LogP contribution in [0.4, 0.5) is 16.0 Å². The monoisotopic (exact) mass is 267 g/mol. The number of halogens is 2. The molecule has 0 atom stereocenters. The molecule has 0 aliphatic heterocycles. The lowest BCUT2D eigenvalue weighted by molar-refractivity contribution is 0.631. The first-order valence-electron chi connectivity index (χ1n) is 4.26. The van der Waals surface area contributed by atoms with E-state index in [2.05, 4.69) is 31.2 Å². The van der Waals surface area contributed by atoms with E-state index in [9.17, 15) is 4.39 Å². The molecule has 0 radical (unpaired) electrons. The fourth-order valence-corrected chi connectivity index (χ4v) is 1.37. The first-order chi connectivity index (χ1) is 7.25. The highest BCUT2D eigenvalue weighted by Crippen LogP contribution is 2.17. The van der Waals surface area contributed by atoms with Gasteiger partial charge in [-0.15, -0.1) is 0 Å². The summed E-state index contributed by atoms with van der Waals surface area (Å²) in [4.78, 5) is 7.99. The number of nitrogens with one attached hydrogen (secondary N) is 1. The van der Waals surface area contributed by atoms with E-state index >= 15 is 0 Å². The summed E-state index contributed by atoms with van der Waals surface area (Å²) in [7, 11) is 0. The summed E-state index contributed by atoms with van der Waals surface area (Å²) in [5.41, 5.74) is 0.357. The Kier molecular flexibility index (Phi) is 2.91. The number of rotatable bonds is 2. The van der Waals surface area contributed by atoms with Crippen molar-refractivity contribution >= 4 is 27.6 Å². The van der Waals surface area contributed by atoms with Crippen LogP contribution >= 0.6 is 15.9 Å². The van der Waals surface area contributed by atoms with Crippen LogP contribution in [0.2, 0.25) is 0 Å². The van der Waals surface area contributed by atoms with Gasteiger partial charge in [0.05, 0.1) is 5.69 Å². The van der Waals surface area contributed by atoms with E-state index in [0.717, 1.165) is 0 Å². The molecule has 5 heteroatoms. The molecule has 2 rings (SSSR count). The van der Waals surface area contributed by atoms with Gasteiger partial charge in [-0.3, -0.25) is 0 Å². The highest BCUT2D eigenvalue weighted by Gasteiger charge is 2.02. The quantitative estimate of drug-likeness (QED) is 0.850. The zero-order valence-corrected chi connectivity index (χ0v) is 9.20. The largest absolute Gasteiger partial charge is 0.322 e. The van der Waals surface area contributed by atoms with E-state index in [1.54, 1.807) is 30.5 Å². The summed E-state index contributed by atoms with van der Waals surface area (Å²) in [6.45, 7) is 0. The Balaban J connectivity index is 2.26. The number of nitrogens with zero attached hydrogens (tertiary/aromatic N) is 2. The maximum Gasteiger partial charge on any atom is 0.228 e. The van der Waals surface area contributed by atoms with Crippen LogP contribution in [0.15, 0.2) is 41.1 Å². The van der Waals surface area contributed by atoms with Crippen molar-refractivity contribution in [2.24, 2.45) is 0 Å². The molecular weight excluding hydrogens is 261 g/mol. The second-order valence-electron chi connectivity index (χ2n) is 2.81. The predicted molar refractivity (Wildman–Crippen MR) is 59.4 cm³/mol. The third-order valence-corrected chi connectivity index (χ3v) is 2.18. The molecule has 76 valence electrons. The van der Waals surface area contributed by atoms with Crippen LogP contribution in [0.3, 0.4) is 0 Å². The maximum absolute atomic E-state index is 13.2. The standard InChI is InChI=1S/C10H7BrFN3/c11-9-5-6-13-10(15-9)14-8-4-2-1-3-7(8)12/h1-6H,(H,13,14,15). The highest BCUT2D eigenvalue weighted by atomic mass is 79.9. The summed E-state index contributed by atoms with van der Waals surface area (Å²) >= 11 is 3.21. The van der Waals surface area contributed by atoms with Crippen LogP contribution in [0.25, 0.3) is 0 Å².